The van der Waals surface area contributed by atoms with Gasteiger partial charge in [-0.05, 0) is 62.6 Å². The first-order valence-electron chi connectivity index (χ1n) is 7.25. The van der Waals surface area contributed by atoms with Gasteiger partial charge in [-0.15, -0.1) is 0 Å². The van der Waals surface area contributed by atoms with E-state index in [1.165, 1.54) is 37.9 Å². The van der Waals surface area contributed by atoms with E-state index in [4.69, 9.17) is 4.43 Å². The third-order valence-electron chi connectivity index (χ3n) is 3.72. The van der Waals surface area contributed by atoms with Gasteiger partial charge in [-0.3, -0.25) is 0 Å². The second-order valence-electron chi connectivity index (χ2n) is 6.72. The lowest BCUT2D eigenvalue weighted by Gasteiger charge is -2.30. The fourth-order valence-corrected chi connectivity index (χ4v) is 3.49. The summed E-state index contributed by atoms with van der Waals surface area (Å²) in [6, 6.07) is 0. The fraction of sp³-hybridized carbons (Fsp3) is 0.867. The van der Waals surface area contributed by atoms with Gasteiger partial charge in [-0.25, -0.2) is 0 Å². The van der Waals surface area contributed by atoms with Crippen LogP contribution in [0.2, 0.25) is 13.1 Å². The van der Waals surface area contributed by atoms with E-state index in [2.05, 4.69) is 39.9 Å². The van der Waals surface area contributed by atoms with E-state index in [9.17, 15) is 0 Å². The van der Waals surface area contributed by atoms with Gasteiger partial charge in [0, 0.05) is 6.42 Å². The number of allylic oxidation sites excluding steroid dienone is 2. The van der Waals surface area contributed by atoms with Crippen LogP contribution in [0.1, 0.15) is 59.3 Å². The molecule has 0 N–H and O–H groups in total. The minimum Gasteiger partial charge on any atom is -0.550 e. The zero-order valence-electron chi connectivity index (χ0n) is 12.4. The van der Waals surface area contributed by atoms with Gasteiger partial charge in [0.05, 0.1) is 5.76 Å². The first kappa shape index (κ1) is 14.8. The molecule has 0 saturated carbocycles. The van der Waals surface area contributed by atoms with Crippen LogP contribution in [0.3, 0.4) is 0 Å². The standard InChI is InChI=1S/C15H30OSi/c1-15(2,3)13-9-6-7-11-14(12-8-10-13)16-17(4)5/h11,13,17H,6-10,12H2,1-5H3. The van der Waals surface area contributed by atoms with Crippen LogP contribution >= 0.6 is 0 Å². The quantitative estimate of drug-likeness (QED) is 0.638. The molecule has 1 aliphatic rings. The molecule has 0 bridgehead atoms. The van der Waals surface area contributed by atoms with Crippen LogP contribution in [-0.4, -0.2) is 9.04 Å². The van der Waals surface area contributed by atoms with Crippen LogP contribution in [-0.2, 0) is 4.43 Å². The molecule has 0 aromatic carbocycles. The highest BCUT2D eigenvalue weighted by Gasteiger charge is 2.24. The molecule has 0 heterocycles. The molecule has 1 nitrogen and oxygen atoms in total. The van der Waals surface area contributed by atoms with Gasteiger partial charge in [-0.1, -0.05) is 20.8 Å². The van der Waals surface area contributed by atoms with E-state index < -0.39 is 9.04 Å². The predicted molar refractivity (Wildman–Crippen MR) is 78.7 cm³/mol. The fourth-order valence-electron chi connectivity index (χ4n) is 2.67. The van der Waals surface area contributed by atoms with Gasteiger partial charge < -0.3 is 4.43 Å². The van der Waals surface area contributed by atoms with Crippen molar-refractivity contribution in [1.82, 2.24) is 0 Å². The first-order chi connectivity index (χ1) is 7.89. The van der Waals surface area contributed by atoms with Gasteiger partial charge in [0.15, 0.2) is 0 Å². The monoisotopic (exact) mass is 254 g/mol. The van der Waals surface area contributed by atoms with E-state index >= 15 is 0 Å². The molecule has 1 atom stereocenters. The molecule has 1 rings (SSSR count). The van der Waals surface area contributed by atoms with Crippen LogP contribution in [0.25, 0.3) is 0 Å². The first-order valence-corrected chi connectivity index (χ1v) is 10.0. The van der Waals surface area contributed by atoms with E-state index in [1.807, 2.05) is 0 Å². The maximum Gasteiger partial charge on any atom is 0.229 e. The Morgan fingerprint density at radius 3 is 2.41 bits per heavy atom. The van der Waals surface area contributed by atoms with Crippen molar-refractivity contribution in [3.05, 3.63) is 11.8 Å². The largest absolute Gasteiger partial charge is 0.550 e. The SMILES string of the molecule is C[SiH](C)OC1=CCCCC(C(C)(C)C)CCC1. The summed E-state index contributed by atoms with van der Waals surface area (Å²) in [6.07, 6.45) is 10.1. The summed E-state index contributed by atoms with van der Waals surface area (Å²) in [5, 5.41) is 0. The van der Waals surface area contributed by atoms with Gasteiger partial charge in [0.25, 0.3) is 0 Å². The van der Waals surface area contributed by atoms with Crippen LogP contribution in [0.5, 0.6) is 0 Å². The van der Waals surface area contributed by atoms with Crippen LogP contribution in [0, 0.1) is 11.3 Å². The maximum atomic E-state index is 6.00. The highest BCUT2D eigenvalue weighted by Crippen LogP contribution is 2.35. The normalized spacial score (nSPS) is 23.6. The van der Waals surface area contributed by atoms with Gasteiger partial charge in [0.1, 0.15) is 0 Å². The minimum absolute atomic E-state index is 0.470. The molecule has 1 unspecified atom stereocenters. The summed E-state index contributed by atoms with van der Waals surface area (Å²) in [6.45, 7) is 11.7. The highest BCUT2D eigenvalue weighted by atomic mass is 28.3. The molecule has 0 spiro atoms. The topological polar surface area (TPSA) is 9.23 Å². The third-order valence-corrected chi connectivity index (χ3v) is 4.49. The molecule has 17 heavy (non-hydrogen) atoms. The molecule has 0 aliphatic heterocycles. The Hall–Kier alpha value is -0.243. The molecular formula is C15H30OSi. The lowest BCUT2D eigenvalue weighted by Crippen LogP contribution is -2.20. The average molecular weight is 254 g/mol. The molecule has 0 aromatic rings. The van der Waals surface area contributed by atoms with Crippen LogP contribution in [0.4, 0.5) is 0 Å². The Morgan fingerprint density at radius 1 is 1.18 bits per heavy atom. The molecule has 0 fully saturated rings. The van der Waals surface area contributed by atoms with Crippen LogP contribution in [0.15, 0.2) is 11.8 Å². The maximum absolute atomic E-state index is 6.00. The molecule has 0 aromatic heterocycles. The van der Waals surface area contributed by atoms with Crippen molar-refractivity contribution in [2.75, 3.05) is 0 Å². The lowest BCUT2D eigenvalue weighted by atomic mass is 9.75. The molecule has 2 heteroatoms. The zero-order chi connectivity index (χ0) is 12.9. The predicted octanol–water partition coefficient (Wildman–Crippen LogP) is 4.89. The summed E-state index contributed by atoms with van der Waals surface area (Å²) in [4.78, 5) is 0. The van der Waals surface area contributed by atoms with Gasteiger partial charge >= 0.3 is 0 Å². The lowest BCUT2D eigenvalue weighted by molar-refractivity contribution is 0.204. The Bertz CT molecular complexity index is 250. The summed E-state index contributed by atoms with van der Waals surface area (Å²) in [5.41, 5.74) is 0.470. The summed E-state index contributed by atoms with van der Waals surface area (Å²) in [7, 11) is -0.911. The van der Waals surface area contributed by atoms with Gasteiger partial charge in [0.2, 0.25) is 9.04 Å². The molecule has 100 valence electrons. The second-order valence-corrected chi connectivity index (χ2v) is 9.06. The summed E-state index contributed by atoms with van der Waals surface area (Å²) < 4.78 is 6.00. The molecule has 0 radical (unpaired) electrons. The molecule has 0 saturated heterocycles. The van der Waals surface area contributed by atoms with Crippen molar-refractivity contribution in [3.8, 4) is 0 Å². The van der Waals surface area contributed by atoms with Crippen molar-refractivity contribution >= 4 is 9.04 Å². The highest BCUT2D eigenvalue weighted by molar-refractivity contribution is 6.48. The smallest absolute Gasteiger partial charge is 0.229 e. The number of hydrogen-bond acceptors (Lipinski definition) is 1. The van der Waals surface area contributed by atoms with Crippen molar-refractivity contribution in [1.29, 1.82) is 0 Å². The van der Waals surface area contributed by atoms with E-state index in [0.29, 0.717) is 5.41 Å². The Balaban J connectivity index is 2.51. The van der Waals surface area contributed by atoms with Crippen molar-refractivity contribution in [2.45, 2.75) is 72.4 Å². The second kappa shape index (κ2) is 6.63. The zero-order valence-corrected chi connectivity index (χ0v) is 13.5. The van der Waals surface area contributed by atoms with E-state index in [0.717, 1.165) is 12.3 Å². The number of hydrogen-bond donors (Lipinski definition) is 0. The van der Waals surface area contributed by atoms with Crippen molar-refractivity contribution < 1.29 is 4.43 Å². The Kier molecular flexibility index (Phi) is 5.77. The Labute approximate surface area is 109 Å². The van der Waals surface area contributed by atoms with E-state index in [-0.39, 0.29) is 0 Å². The third kappa shape index (κ3) is 5.76. The summed E-state index contributed by atoms with van der Waals surface area (Å²) in [5.74, 6) is 2.17. The Morgan fingerprint density at radius 2 is 1.82 bits per heavy atom. The van der Waals surface area contributed by atoms with Crippen LogP contribution < -0.4 is 0 Å². The number of rotatable bonds is 2. The van der Waals surface area contributed by atoms with Crippen molar-refractivity contribution in [2.24, 2.45) is 11.3 Å². The molecule has 0 amide bonds. The molecular weight excluding hydrogens is 224 g/mol. The average Bonchev–Trinajstić information content (AvgIpc) is 2.27. The van der Waals surface area contributed by atoms with Crippen molar-refractivity contribution in [3.63, 3.8) is 0 Å². The minimum atomic E-state index is -0.911. The summed E-state index contributed by atoms with van der Waals surface area (Å²) >= 11 is 0. The van der Waals surface area contributed by atoms with Gasteiger partial charge in [-0.2, -0.15) is 0 Å². The molecule has 1 aliphatic carbocycles. The van der Waals surface area contributed by atoms with E-state index in [1.54, 1.807) is 0 Å².